The van der Waals surface area contributed by atoms with Crippen LogP contribution in [0.25, 0.3) is 22.0 Å². The van der Waals surface area contributed by atoms with Gasteiger partial charge >= 0.3 is 5.97 Å². The number of rotatable bonds is 4. The number of nitrogens with zero attached hydrogens (tertiary/aromatic N) is 1. The molecule has 1 N–H and O–H groups in total. The van der Waals surface area contributed by atoms with Crippen LogP contribution in [0.15, 0.2) is 60.8 Å². The molecule has 0 saturated carbocycles. The van der Waals surface area contributed by atoms with Crippen LogP contribution in [0, 0.1) is 0 Å². The summed E-state index contributed by atoms with van der Waals surface area (Å²) in [7, 11) is 0. The second-order valence-corrected chi connectivity index (χ2v) is 5.54. The summed E-state index contributed by atoms with van der Waals surface area (Å²) in [6.45, 7) is 1.94. The Morgan fingerprint density at radius 1 is 1.09 bits per heavy atom. The van der Waals surface area contributed by atoms with Crippen LogP contribution in [0.3, 0.4) is 0 Å². The van der Waals surface area contributed by atoms with Gasteiger partial charge in [0.15, 0.2) is 0 Å². The van der Waals surface area contributed by atoms with Crippen molar-refractivity contribution in [2.75, 3.05) is 0 Å². The first-order valence-corrected chi connectivity index (χ1v) is 7.30. The van der Waals surface area contributed by atoms with Crippen LogP contribution < -0.4 is 0 Å². The van der Waals surface area contributed by atoms with Gasteiger partial charge in [0, 0.05) is 11.6 Å². The predicted octanol–water partition coefficient (Wildman–Crippen LogP) is 4.48. The monoisotopic (exact) mass is 291 g/mol. The van der Waals surface area contributed by atoms with Crippen LogP contribution in [-0.2, 0) is 4.79 Å². The van der Waals surface area contributed by atoms with Crippen molar-refractivity contribution in [1.29, 1.82) is 0 Å². The minimum atomic E-state index is -0.769. The van der Waals surface area contributed by atoms with Gasteiger partial charge in [-0.25, -0.2) is 0 Å². The lowest BCUT2D eigenvalue weighted by Crippen LogP contribution is -2.02. The normalized spacial score (nSPS) is 12.2. The number of aliphatic carboxylic acids is 1. The number of hydrogen-bond acceptors (Lipinski definition) is 2. The van der Waals surface area contributed by atoms with E-state index in [1.807, 2.05) is 37.3 Å². The maximum Gasteiger partial charge on any atom is 0.303 e. The summed E-state index contributed by atoms with van der Waals surface area (Å²) < 4.78 is 0. The molecule has 3 aromatic rings. The SMILES string of the molecule is CC(CC(=O)O)c1cccc(-c2ccc3ncccc3c2)c1. The molecule has 1 unspecified atom stereocenters. The molecule has 0 fully saturated rings. The summed E-state index contributed by atoms with van der Waals surface area (Å²) in [5.74, 6) is -0.769. The second kappa shape index (κ2) is 5.98. The average molecular weight is 291 g/mol. The van der Waals surface area contributed by atoms with E-state index >= 15 is 0 Å². The molecule has 2 aromatic carbocycles. The molecular formula is C19H17NO2. The number of hydrogen-bond donors (Lipinski definition) is 1. The van der Waals surface area contributed by atoms with E-state index in [-0.39, 0.29) is 12.3 Å². The Morgan fingerprint density at radius 3 is 2.73 bits per heavy atom. The molecule has 0 radical (unpaired) electrons. The third-order valence-corrected chi connectivity index (χ3v) is 3.87. The largest absolute Gasteiger partial charge is 0.481 e. The molecule has 3 heteroatoms. The zero-order chi connectivity index (χ0) is 15.5. The summed E-state index contributed by atoms with van der Waals surface area (Å²) in [5, 5.41) is 10.0. The van der Waals surface area contributed by atoms with Crippen molar-refractivity contribution in [3.63, 3.8) is 0 Å². The van der Waals surface area contributed by atoms with Gasteiger partial charge in [-0.15, -0.1) is 0 Å². The van der Waals surface area contributed by atoms with Crippen LogP contribution in [0.1, 0.15) is 24.8 Å². The molecule has 0 aliphatic heterocycles. The number of carboxylic acid groups (broad SMARTS) is 1. The highest BCUT2D eigenvalue weighted by Gasteiger charge is 2.11. The van der Waals surface area contributed by atoms with E-state index in [0.717, 1.165) is 27.6 Å². The van der Waals surface area contributed by atoms with E-state index in [0.29, 0.717) is 0 Å². The van der Waals surface area contributed by atoms with E-state index in [1.165, 1.54) is 0 Å². The zero-order valence-electron chi connectivity index (χ0n) is 12.4. The van der Waals surface area contributed by atoms with Crippen molar-refractivity contribution < 1.29 is 9.90 Å². The minimum Gasteiger partial charge on any atom is -0.481 e. The second-order valence-electron chi connectivity index (χ2n) is 5.54. The van der Waals surface area contributed by atoms with Crippen molar-refractivity contribution in [2.24, 2.45) is 0 Å². The highest BCUT2D eigenvalue weighted by atomic mass is 16.4. The lowest BCUT2D eigenvalue weighted by Gasteiger charge is -2.11. The van der Waals surface area contributed by atoms with Gasteiger partial charge in [0.2, 0.25) is 0 Å². The standard InChI is InChI=1S/C19H17NO2/c1-13(10-19(21)22)14-4-2-5-15(11-14)16-7-8-18-17(12-16)6-3-9-20-18/h2-9,11-13H,10H2,1H3,(H,21,22). The fourth-order valence-electron chi connectivity index (χ4n) is 2.66. The Morgan fingerprint density at radius 2 is 1.91 bits per heavy atom. The fraction of sp³-hybridized carbons (Fsp3) is 0.158. The summed E-state index contributed by atoms with van der Waals surface area (Å²) in [5.41, 5.74) is 4.23. The zero-order valence-corrected chi connectivity index (χ0v) is 12.4. The summed E-state index contributed by atoms with van der Waals surface area (Å²) in [6.07, 6.45) is 1.93. The molecule has 110 valence electrons. The van der Waals surface area contributed by atoms with E-state index in [1.54, 1.807) is 6.20 Å². The van der Waals surface area contributed by atoms with Gasteiger partial charge in [-0.2, -0.15) is 0 Å². The lowest BCUT2D eigenvalue weighted by atomic mass is 9.94. The third kappa shape index (κ3) is 2.98. The first-order valence-electron chi connectivity index (χ1n) is 7.30. The fourth-order valence-corrected chi connectivity index (χ4v) is 2.66. The quantitative estimate of drug-likeness (QED) is 0.771. The Hall–Kier alpha value is -2.68. The Kier molecular flexibility index (Phi) is 3.88. The van der Waals surface area contributed by atoms with Crippen LogP contribution in [-0.4, -0.2) is 16.1 Å². The molecule has 1 atom stereocenters. The van der Waals surface area contributed by atoms with Gasteiger partial charge in [0.05, 0.1) is 11.9 Å². The molecule has 0 spiro atoms. The van der Waals surface area contributed by atoms with E-state index < -0.39 is 5.97 Å². The van der Waals surface area contributed by atoms with Crippen molar-refractivity contribution in [1.82, 2.24) is 4.98 Å². The van der Waals surface area contributed by atoms with Crippen molar-refractivity contribution in [3.05, 3.63) is 66.4 Å². The molecule has 22 heavy (non-hydrogen) atoms. The minimum absolute atomic E-state index is 0.000395. The molecule has 1 heterocycles. The van der Waals surface area contributed by atoms with Gasteiger partial charge < -0.3 is 5.11 Å². The summed E-state index contributed by atoms with van der Waals surface area (Å²) in [4.78, 5) is 15.2. The van der Waals surface area contributed by atoms with Crippen LogP contribution in [0.4, 0.5) is 0 Å². The highest BCUT2D eigenvalue weighted by Crippen LogP contribution is 2.27. The first-order chi connectivity index (χ1) is 10.6. The predicted molar refractivity (Wildman–Crippen MR) is 87.8 cm³/mol. The van der Waals surface area contributed by atoms with Crippen LogP contribution in [0.5, 0.6) is 0 Å². The van der Waals surface area contributed by atoms with Gasteiger partial charge in [0.1, 0.15) is 0 Å². The van der Waals surface area contributed by atoms with Crippen LogP contribution >= 0.6 is 0 Å². The average Bonchev–Trinajstić information content (AvgIpc) is 2.54. The van der Waals surface area contributed by atoms with Crippen molar-refractivity contribution >= 4 is 16.9 Å². The maximum absolute atomic E-state index is 10.9. The van der Waals surface area contributed by atoms with Gasteiger partial charge in [-0.05, 0) is 40.8 Å². The first kappa shape index (κ1) is 14.3. The smallest absolute Gasteiger partial charge is 0.303 e. The van der Waals surface area contributed by atoms with E-state index in [9.17, 15) is 4.79 Å². The molecule has 0 saturated heterocycles. The molecule has 0 aliphatic carbocycles. The number of aromatic nitrogens is 1. The van der Waals surface area contributed by atoms with Gasteiger partial charge in [-0.1, -0.05) is 43.3 Å². The lowest BCUT2D eigenvalue weighted by molar-refractivity contribution is -0.137. The number of carbonyl (C=O) groups is 1. The van der Waals surface area contributed by atoms with Crippen LogP contribution in [0.2, 0.25) is 0 Å². The molecule has 3 rings (SSSR count). The molecule has 0 aliphatic rings. The van der Waals surface area contributed by atoms with Crippen molar-refractivity contribution in [2.45, 2.75) is 19.3 Å². The number of benzene rings is 2. The molecule has 0 amide bonds. The van der Waals surface area contributed by atoms with E-state index in [4.69, 9.17) is 5.11 Å². The van der Waals surface area contributed by atoms with Gasteiger partial charge in [-0.3, -0.25) is 9.78 Å². The van der Waals surface area contributed by atoms with E-state index in [2.05, 4.69) is 29.2 Å². The highest BCUT2D eigenvalue weighted by molar-refractivity contribution is 5.84. The third-order valence-electron chi connectivity index (χ3n) is 3.87. The Bertz CT molecular complexity index is 826. The molecule has 3 nitrogen and oxygen atoms in total. The number of carboxylic acids is 1. The molecular weight excluding hydrogens is 274 g/mol. The summed E-state index contributed by atoms with van der Waals surface area (Å²) in [6, 6.07) is 18.2. The number of fused-ring (bicyclic) bond motifs is 1. The molecule has 1 aromatic heterocycles. The summed E-state index contributed by atoms with van der Waals surface area (Å²) >= 11 is 0. The maximum atomic E-state index is 10.9. The van der Waals surface area contributed by atoms with Gasteiger partial charge in [0.25, 0.3) is 0 Å². The number of pyridine rings is 1. The Labute approximate surface area is 129 Å². The topological polar surface area (TPSA) is 50.2 Å². The molecule has 0 bridgehead atoms. The van der Waals surface area contributed by atoms with Crippen molar-refractivity contribution in [3.8, 4) is 11.1 Å². The Balaban J connectivity index is 1.98.